The van der Waals surface area contributed by atoms with Crippen LogP contribution in [0.5, 0.6) is 5.75 Å². The highest BCUT2D eigenvalue weighted by atomic mass is 31.1. The predicted octanol–water partition coefficient (Wildman–Crippen LogP) is 2.66. The molecule has 0 aliphatic rings. The van der Waals surface area contributed by atoms with Gasteiger partial charge < -0.3 is 14.9 Å². The summed E-state index contributed by atoms with van der Waals surface area (Å²) in [7, 11) is -3.69. The van der Waals surface area contributed by atoms with E-state index in [-0.39, 0.29) is 23.7 Å². The largest absolute Gasteiger partial charge is 0.426 e. The van der Waals surface area contributed by atoms with Crippen LogP contribution in [0.2, 0.25) is 0 Å². The first kappa shape index (κ1) is 17.8. The molecule has 0 saturated carbocycles. The highest BCUT2D eigenvalue weighted by molar-refractivity contribution is 7.32. The van der Waals surface area contributed by atoms with Crippen molar-refractivity contribution in [2.45, 2.75) is 12.4 Å². The number of hydrogen-bond donors (Lipinski definition) is 1. The van der Waals surface area contributed by atoms with Crippen molar-refractivity contribution in [3.63, 3.8) is 0 Å². The molecule has 3 N–H and O–H groups in total. The summed E-state index contributed by atoms with van der Waals surface area (Å²) in [5.41, 5.74) is -3.23. The molecule has 0 aromatic heterocycles. The van der Waals surface area contributed by atoms with Gasteiger partial charge in [0.1, 0.15) is 5.75 Å². The van der Waals surface area contributed by atoms with Crippen LogP contribution in [-0.4, -0.2) is 10.4 Å². The normalized spacial score (nSPS) is 13.6. The summed E-state index contributed by atoms with van der Waals surface area (Å²) < 4.78 is 88.2. The quantitative estimate of drug-likeness (QED) is 0.673. The van der Waals surface area contributed by atoms with Gasteiger partial charge in [0.15, 0.2) is 0 Å². The highest BCUT2D eigenvalue weighted by Crippen LogP contribution is 2.39. The first-order valence-corrected chi connectivity index (χ1v) is 5.47. The zero-order valence-corrected chi connectivity index (χ0v) is 9.76. The van der Waals surface area contributed by atoms with Crippen LogP contribution >= 0.6 is 8.25 Å². The minimum Gasteiger partial charge on any atom is -0.426 e. The fraction of sp³-hybridized carbons (Fsp3) is 0.250. The monoisotopic (exact) mass is 312 g/mol. The van der Waals surface area contributed by atoms with Gasteiger partial charge in [0, 0.05) is 0 Å². The molecule has 110 valence electrons. The van der Waals surface area contributed by atoms with Gasteiger partial charge in [0.2, 0.25) is 0 Å². The van der Waals surface area contributed by atoms with Crippen LogP contribution in [0.4, 0.5) is 26.3 Å². The Labute approximate surface area is 102 Å². The van der Waals surface area contributed by atoms with Crippen LogP contribution < -0.4 is 4.52 Å². The van der Waals surface area contributed by atoms with Gasteiger partial charge in [0.25, 0.3) is 0 Å². The fourth-order valence-corrected chi connectivity index (χ4v) is 1.41. The maximum atomic E-state index is 12.3. The Morgan fingerprint density at radius 3 is 1.58 bits per heavy atom. The van der Waals surface area contributed by atoms with Gasteiger partial charge in [0.05, 0.1) is 11.1 Å². The van der Waals surface area contributed by atoms with Gasteiger partial charge in [-0.15, -0.1) is 0 Å². The smallest absolute Gasteiger partial charge is 0.416 e. The van der Waals surface area contributed by atoms with Gasteiger partial charge in [-0.1, -0.05) is 0 Å². The molecule has 1 aromatic rings. The van der Waals surface area contributed by atoms with E-state index in [0.29, 0.717) is 0 Å². The molecule has 19 heavy (non-hydrogen) atoms. The van der Waals surface area contributed by atoms with E-state index in [9.17, 15) is 30.9 Å². The van der Waals surface area contributed by atoms with Gasteiger partial charge >= 0.3 is 20.6 Å². The lowest BCUT2D eigenvalue weighted by atomic mass is 10.1. The summed E-state index contributed by atoms with van der Waals surface area (Å²) in [5, 5.41) is 0. The van der Waals surface area contributed by atoms with E-state index in [0.717, 1.165) is 0 Å². The van der Waals surface area contributed by atoms with E-state index < -0.39 is 37.5 Å². The molecule has 1 atom stereocenters. The standard InChI is InChI=1S/C8H5F6O3P.H2O/c9-7(10,11)4-1-5(8(12,13)14)3-6(2-4)17-18(15)16;/h1-3,18H,(H,15,16);1H2. The Kier molecular flexibility index (Phi) is 5.42. The van der Waals surface area contributed by atoms with Gasteiger partial charge in [-0.3, -0.25) is 0 Å². The average Bonchev–Trinajstić information content (AvgIpc) is 2.13. The molecule has 0 heterocycles. The maximum Gasteiger partial charge on any atom is 0.416 e. The van der Waals surface area contributed by atoms with Crippen molar-refractivity contribution in [3.05, 3.63) is 29.3 Å². The number of rotatable bonds is 2. The topological polar surface area (TPSA) is 78.0 Å². The molecule has 1 rings (SSSR count). The number of halogens is 6. The highest BCUT2D eigenvalue weighted by Gasteiger charge is 2.37. The summed E-state index contributed by atoms with van der Waals surface area (Å²) in [5.74, 6) is -0.969. The molecule has 1 unspecified atom stereocenters. The Bertz CT molecular complexity index is 437. The summed E-state index contributed by atoms with van der Waals surface area (Å²) in [6.07, 6.45) is -10.0. The summed E-state index contributed by atoms with van der Waals surface area (Å²) in [6.45, 7) is 0. The van der Waals surface area contributed by atoms with Gasteiger partial charge in [-0.25, -0.2) is 4.57 Å². The van der Waals surface area contributed by atoms with E-state index in [1.54, 1.807) is 0 Å². The van der Waals surface area contributed by atoms with E-state index in [1.807, 2.05) is 0 Å². The van der Waals surface area contributed by atoms with Crippen molar-refractivity contribution < 1.29 is 45.8 Å². The first-order valence-electron chi connectivity index (χ1n) is 4.20. The van der Waals surface area contributed by atoms with Crippen LogP contribution in [-0.2, 0) is 16.9 Å². The molecule has 0 spiro atoms. The molecule has 0 aliphatic heterocycles. The van der Waals surface area contributed by atoms with E-state index >= 15 is 0 Å². The van der Waals surface area contributed by atoms with E-state index in [1.165, 1.54) is 0 Å². The Balaban J connectivity index is 0.00000324. The second kappa shape index (κ2) is 5.81. The molecule has 0 bridgehead atoms. The SMILES string of the molecule is O.O=[PH](O)Oc1cc(C(F)(F)F)cc(C(F)(F)F)c1. The fourth-order valence-electron chi connectivity index (χ4n) is 1.09. The molecule has 1 aromatic carbocycles. The first-order chi connectivity index (χ1) is 8.00. The predicted molar refractivity (Wildman–Crippen MR) is 51.9 cm³/mol. The Morgan fingerprint density at radius 1 is 0.947 bits per heavy atom. The third kappa shape index (κ3) is 5.09. The van der Waals surface area contributed by atoms with Crippen molar-refractivity contribution in [2.75, 3.05) is 0 Å². The van der Waals surface area contributed by atoms with E-state index in [2.05, 4.69) is 4.52 Å². The molecule has 11 heteroatoms. The van der Waals surface area contributed by atoms with Crippen molar-refractivity contribution in [1.29, 1.82) is 0 Å². The molecular weight excluding hydrogens is 305 g/mol. The van der Waals surface area contributed by atoms with Crippen molar-refractivity contribution in [3.8, 4) is 5.75 Å². The average molecular weight is 312 g/mol. The summed E-state index contributed by atoms with van der Waals surface area (Å²) in [6, 6.07) is 0.323. The minimum absolute atomic E-state index is 0. The summed E-state index contributed by atoms with van der Waals surface area (Å²) in [4.78, 5) is 8.35. The van der Waals surface area contributed by atoms with Crippen LogP contribution in [0.3, 0.4) is 0 Å². The van der Waals surface area contributed by atoms with Crippen LogP contribution in [0.15, 0.2) is 18.2 Å². The lowest BCUT2D eigenvalue weighted by Crippen LogP contribution is -2.10. The molecular formula is C8H7F6O4P. The molecule has 0 aliphatic carbocycles. The number of alkyl halides is 6. The van der Waals surface area contributed by atoms with Gasteiger partial charge in [-0.05, 0) is 18.2 Å². The van der Waals surface area contributed by atoms with Crippen LogP contribution in [0.25, 0.3) is 0 Å². The zero-order valence-electron chi connectivity index (χ0n) is 8.76. The molecule has 0 amide bonds. The summed E-state index contributed by atoms with van der Waals surface area (Å²) >= 11 is 0. The zero-order chi connectivity index (χ0) is 14.1. The van der Waals surface area contributed by atoms with Crippen molar-refractivity contribution >= 4 is 8.25 Å². The second-order valence-electron chi connectivity index (χ2n) is 3.11. The molecule has 0 saturated heterocycles. The maximum absolute atomic E-state index is 12.3. The third-order valence-corrected chi connectivity index (χ3v) is 2.18. The second-order valence-corrected chi connectivity index (χ2v) is 3.85. The lowest BCUT2D eigenvalue weighted by Gasteiger charge is -2.13. The lowest BCUT2D eigenvalue weighted by molar-refractivity contribution is -0.143. The molecule has 0 fully saturated rings. The van der Waals surface area contributed by atoms with Crippen LogP contribution in [0.1, 0.15) is 11.1 Å². The van der Waals surface area contributed by atoms with E-state index in [4.69, 9.17) is 4.89 Å². The Morgan fingerprint density at radius 2 is 1.32 bits per heavy atom. The third-order valence-electron chi connectivity index (χ3n) is 1.77. The van der Waals surface area contributed by atoms with Crippen LogP contribution in [0, 0.1) is 0 Å². The number of hydrogen-bond acceptors (Lipinski definition) is 2. The molecule has 4 nitrogen and oxygen atoms in total. The minimum atomic E-state index is -5.02. The van der Waals surface area contributed by atoms with Crippen molar-refractivity contribution in [2.24, 2.45) is 0 Å². The van der Waals surface area contributed by atoms with Gasteiger partial charge in [-0.2, -0.15) is 26.3 Å². The molecule has 0 radical (unpaired) electrons. The Hall–Kier alpha value is -1.25. The number of benzene rings is 1. The van der Waals surface area contributed by atoms with Crippen molar-refractivity contribution in [1.82, 2.24) is 0 Å².